The van der Waals surface area contributed by atoms with Gasteiger partial charge in [-0.3, -0.25) is 4.79 Å². The maximum Gasteiger partial charge on any atom is 0.341 e. The molecule has 0 bridgehead atoms. The molecule has 134 valence electrons. The topological polar surface area (TPSA) is 86.4 Å². The Labute approximate surface area is 150 Å². The van der Waals surface area contributed by atoms with E-state index in [1.165, 1.54) is 25.3 Å². The summed E-state index contributed by atoms with van der Waals surface area (Å²) in [6.07, 6.45) is 2.85. The summed E-state index contributed by atoms with van der Waals surface area (Å²) < 4.78 is 12.0. The lowest BCUT2D eigenvalue weighted by Crippen LogP contribution is -2.22. The van der Waals surface area contributed by atoms with E-state index in [0.717, 1.165) is 16.9 Å². The Morgan fingerprint density at radius 1 is 1.35 bits per heavy atom. The van der Waals surface area contributed by atoms with Gasteiger partial charge >= 0.3 is 5.97 Å². The number of fused-ring (bicyclic) bond motifs is 1. The van der Waals surface area contributed by atoms with E-state index < -0.39 is 5.97 Å². The van der Waals surface area contributed by atoms with Crippen molar-refractivity contribution in [2.24, 2.45) is 7.05 Å². The zero-order valence-electron chi connectivity index (χ0n) is 14.8. The third-order valence-corrected chi connectivity index (χ3v) is 4.04. The highest BCUT2D eigenvalue weighted by atomic mass is 16.5. The van der Waals surface area contributed by atoms with Crippen LogP contribution in [0.5, 0.6) is 0 Å². The van der Waals surface area contributed by atoms with Crippen molar-refractivity contribution in [3.63, 3.8) is 0 Å². The third-order valence-electron chi connectivity index (χ3n) is 4.04. The number of aryl methyl sites for hydroxylation is 2. The predicted octanol–water partition coefficient (Wildman–Crippen LogP) is 2.59. The fraction of sp³-hybridized carbons (Fsp3) is 0.211. The van der Waals surface area contributed by atoms with Crippen LogP contribution in [0, 0.1) is 6.92 Å². The van der Waals surface area contributed by atoms with Gasteiger partial charge in [-0.05, 0) is 31.2 Å². The number of aromatic nitrogens is 2. The van der Waals surface area contributed by atoms with E-state index in [0.29, 0.717) is 23.6 Å². The van der Waals surface area contributed by atoms with Gasteiger partial charge in [0.2, 0.25) is 5.91 Å². The number of benzene rings is 1. The highest BCUT2D eigenvalue weighted by Crippen LogP contribution is 2.17. The van der Waals surface area contributed by atoms with E-state index in [9.17, 15) is 9.59 Å². The van der Waals surface area contributed by atoms with Crippen LogP contribution in [-0.2, 0) is 23.1 Å². The van der Waals surface area contributed by atoms with Crippen molar-refractivity contribution < 1.29 is 18.7 Å². The fourth-order valence-electron chi connectivity index (χ4n) is 2.64. The van der Waals surface area contributed by atoms with Crippen LogP contribution in [0.4, 0.5) is 0 Å². The number of carbonyl (C=O) groups is 2. The summed E-state index contributed by atoms with van der Waals surface area (Å²) in [5.74, 6) is 0.843. The lowest BCUT2D eigenvalue weighted by molar-refractivity contribution is -0.116. The van der Waals surface area contributed by atoms with Crippen LogP contribution < -0.4 is 5.32 Å². The van der Waals surface area contributed by atoms with Crippen molar-refractivity contribution in [3.05, 3.63) is 59.3 Å². The maximum absolute atomic E-state index is 12.0. The molecular formula is C19H19N3O4. The summed E-state index contributed by atoms with van der Waals surface area (Å²) in [4.78, 5) is 28.1. The molecule has 0 radical (unpaired) electrons. The Balaban J connectivity index is 1.64. The normalized spacial score (nSPS) is 11.2. The molecule has 1 N–H and O–H groups in total. The second kappa shape index (κ2) is 7.26. The molecule has 26 heavy (non-hydrogen) atoms. The fourth-order valence-corrected chi connectivity index (χ4v) is 2.64. The number of imidazole rings is 1. The Hall–Kier alpha value is -3.35. The molecular weight excluding hydrogens is 334 g/mol. The van der Waals surface area contributed by atoms with Crippen LogP contribution in [0.15, 0.2) is 40.8 Å². The minimum Gasteiger partial charge on any atom is -0.465 e. The number of furan rings is 1. The van der Waals surface area contributed by atoms with Gasteiger partial charge in [0.1, 0.15) is 22.9 Å². The molecule has 0 spiro atoms. The summed E-state index contributed by atoms with van der Waals surface area (Å²) in [5.41, 5.74) is 2.23. The van der Waals surface area contributed by atoms with E-state index in [4.69, 9.17) is 4.42 Å². The van der Waals surface area contributed by atoms with E-state index >= 15 is 0 Å². The van der Waals surface area contributed by atoms with E-state index in [-0.39, 0.29) is 5.91 Å². The number of ether oxygens (including phenoxy) is 1. The summed E-state index contributed by atoms with van der Waals surface area (Å²) in [7, 11) is 3.21. The Kier molecular flexibility index (Phi) is 4.88. The van der Waals surface area contributed by atoms with Crippen molar-refractivity contribution in [2.75, 3.05) is 7.11 Å². The average molecular weight is 353 g/mol. The number of amides is 1. The van der Waals surface area contributed by atoms with Gasteiger partial charge in [0.05, 0.1) is 24.7 Å². The van der Waals surface area contributed by atoms with Crippen LogP contribution >= 0.6 is 0 Å². The van der Waals surface area contributed by atoms with E-state index in [2.05, 4.69) is 15.0 Å². The second-order valence-corrected chi connectivity index (χ2v) is 5.74. The van der Waals surface area contributed by atoms with Gasteiger partial charge in [-0.2, -0.15) is 0 Å². The van der Waals surface area contributed by atoms with Gasteiger partial charge in [0, 0.05) is 13.1 Å². The maximum atomic E-state index is 12.0. The van der Waals surface area contributed by atoms with Crippen molar-refractivity contribution in [1.82, 2.24) is 14.9 Å². The SMILES string of the molecule is COC(=O)c1cc(/C=C/C(=O)NCc2nc3ccccc3n2C)oc1C. The number of hydrogen-bond acceptors (Lipinski definition) is 5. The first kappa shape index (κ1) is 17.5. The number of nitrogens with zero attached hydrogens (tertiary/aromatic N) is 2. The molecule has 1 aromatic carbocycles. The largest absolute Gasteiger partial charge is 0.465 e. The Bertz CT molecular complexity index is 998. The quantitative estimate of drug-likeness (QED) is 0.563. The first-order valence-electron chi connectivity index (χ1n) is 8.04. The molecule has 0 saturated carbocycles. The van der Waals surface area contributed by atoms with E-state index in [1.54, 1.807) is 6.92 Å². The second-order valence-electron chi connectivity index (χ2n) is 5.74. The minimum atomic E-state index is -0.475. The minimum absolute atomic E-state index is 0.286. The van der Waals surface area contributed by atoms with Crippen molar-refractivity contribution in [3.8, 4) is 0 Å². The molecule has 1 amide bonds. The number of methoxy groups -OCH3 is 1. The monoisotopic (exact) mass is 353 g/mol. The smallest absolute Gasteiger partial charge is 0.341 e. The van der Waals surface area contributed by atoms with Crippen LogP contribution in [0.1, 0.15) is 27.7 Å². The molecule has 0 aliphatic carbocycles. The summed E-state index contributed by atoms with van der Waals surface area (Å²) >= 11 is 0. The lowest BCUT2D eigenvalue weighted by Gasteiger charge is -2.03. The lowest BCUT2D eigenvalue weighted by atomic mass is 10.2. The molecule has 7 heteroatoms. The van der Waals surface area contributed by atoms with Gasteiger partial charge in [0.15, 0.2) is 0 Å². The number of hydrogen-bond donors (Lipinski definition) is 1. The number of nitrogens with one attached hydrogen (secondary N) is 1. The van der Waals surface area contributed by atoms with Gasteiger partial charge in [0.25, 0.3) is 0 Å². The molecule has 2 heterocycles. The predicted molar refractivity (Wildman–Crippen MR) is 96.4 cm³/mol. The van der Waals surface area contributed by atoms with Gasteiger partial charge < -0.3 is 19.0 Å². The summed E-state index contributed by atoms with van der Waals surface area (Å²) in [5, 5.41) is 2.78. The zero-order chi connectivity index (χ0) is 18.7. The number of rotatable bonds is 5. The van der Waals surface area contributed by atoms with Crippen LogP contribution in [0.3, 0.4) is 0 Å². The molecule has 2 aromatic heterocycles. The first-order valence-corrected chi connectivity index (χ1v) is 8.04. The molecule has 7 nitrogen and oxygen atoms in total. The first-order chi connectivity index (χ1) is 12.5. The number of carbonyl (C=O) groups excluding carboxylic acids is 2. The van der Waals surface area contributed by atoms with Gasteiger partial charge in [-0.25, -0.2) is 9.78 Å². The number of para-hydroxylation sites is 2. The molecule has 0 aliphatic heterocycles. The standard InChI is InChI=1S/C19H19N3O4/c1-12-14(19(24)25-3)10-13(26-12)8-9-18(23)20-11-17-21-15-6-4-5-7-16(15)22(17)2/h4-10H,11H2,1-3H3,(H,20,23)/b9-8+. The van der Waals surface area contributed by atoms with E-state index in [1.807, 2.05) is 35.9 Å². The van der Waals surface area contributed by atoms with Crippen LogP contribution in [-0.4, -0.2) is 28.5 Å². The average Bonchev–Trinajstić information content (AvgIpc) is 3.18. The summed E-state index contributed by atoms with van der Waals surface area (Å²) in [6.45, 7) is 1.97. The van der Waals surface area contributed by atoms with Gasteiger partial charge in [-0.15, -0.1) is 0 Å². The Morgan fingerprint density at radius 3 is 2.85 bits per heavy atom. The van der Waals surface area contributed by atoms with Crippen LogP contribution in [0.2, 0.25) is 0 Å². The van der Waals surface area contributed by atoms with Crippen LogP contribution in [0.25, 0.3) is 17.1 Å². The zero-order valence-corrected chi connectivity index (χ0v) is 14.8. The van der Waals surface area contributed by atoms with Gasteiger partial charge in [-0.1, -0.05) is 12.1 Å². The molecule has 3 aromatic rings. The van der Waals surface area contributed by atoms with Crippen molar-refractivity contribution >= 4 is 29.0 Å². The molecule has 0 atom stereocenters. The molecule has 3 rings (SSSR count). The highest BCUT2D eigenvalue weighted by molar-refractivity contribution is 5.93. The van der Waals surface area contributed by atoms with Crippen molar-refractivity contribution in [2.45, 2.75) is 13.5 Å². The molecule has 0 aliphatic rings. The van der Waals surface area contributed by atoms with Crippen molar-refractivity contribution in [1.29, 1.82) is 0 Å². The third kappa shape index (κ3) is 3.51. The Morgan fingerprint density at radius 2 is 2.12 bits per heavy atom. The number of esters is 1. The molecule has 0 fully saturated rings. The summed E-state index contributed by atoms with van der Waals surface area (Å²) in [6, 6.07) is 9.32. The highest BCUT2D eigenvalue weighted by Gasteiger charge is 2.14. The molecule has 0 saturated heterocycles. The molecule has 0 unspecified atom stereocenters.